The Bertz CT molecular complexity index is 419. The van der Waals surface area contributed by atoms with Crippen molar-refractivity contribution >= 4 is 0 Å². The molecule has 2 rings (SSSR count). The normalized spacial score (nSPS) is 24.9. The third kappa shape index (κ3) is 3.07. The van der Waals surface area contributed by atoms with Crippen molar-refractivity contribution in [2.24, 2.45) is 11.7 Å². The first-order valence-corrected chi connectivity index (χ1v) is 8.08. The Hall–Kier alpha value is -0.860. The molecule has 0 aliphatic carbocycles. The van der Waals surface area contributed by atoms with Crippen molar-refractivity contribution < 1.29 is 0 Å². The van der Waals surface area contributed by atoms with Gasteiger partial charge in [-0.1, -0.05) is 24.6 Å². The van der Waals surface area contributed by atoms with E-state index < -0.39 is 0 Å². The van der Waals surface area contributed by atoms with E-state index in [1.54, 1.807) is 0 Å². The molecule has 2 N–H and O–H groups in total. The van der Waals surface area contributed by atoms with E-state index >= 15 is 0 Å². The number of benzene rings is 1. The smallest absolute Gasteiger partial charge is 0.0396 e. The van der Waals surface area contributed by atoms with Gasteiger partial charge in [0.1, 0.15) is 0 Å². The minimum absolute atomic E-state index is 0.490. The highest BCUT2D eigenvalue weighted by atomic mass is 15.2. The second kappa shape index (κ2) is 6.73. The van der Waals surface area contributed by atoms with Gasteiger partial charge in [-0.2, -0.15) is 0 Å². The molecule has 20 heavy (non-hydrogen) atoms. The van der Waals surface area contributed by atoms with Crippen LogP contribution >= 0.6 is 0 Å². The highest BCUT2D eigenvalue weighted by Gasteiger charge is 2.33. The molecule has 1 saturated heterocycles. The molecule has 112 valence electrons. The van der Waals surface area contributed by atoms with Gasteiger partial charge in [0.2, 0.25) is 0 Å². The fourth-order valence-corrected chi connectivity index (χ4v) is 3.79. The van der Waals surface area contributed by atoms with Crippen molar-refractivity contribution in [2.75, 3.05) is 13.1 Å². The fourth-order valence-electron chi connectivity index (χ4n) is 3.79. The summed E-state index contributed by atoms with van der Waals surface area (Å²) in [7, 11) is 0. The van der Waals surface area contributed by atoms with E-state index in [2.05, 4.69) is 50.8 Å². The monoisotopic (exact) mass is 274 g/mol. The lowest BCUT2D eigenvalue weighted by molar-refractivity contribution is 0.120. The molecule has 1 aromatic rings. The van der Waals surface area contributed by atoms with Crippen LogP contribution in [0.2, 0.25) is 0 Å². The molecule has 1 heterocycles. The maximum atomic E-state index is 6.14. The summed E-state index contributed by atoms with van der Waals surface area (Å²) in [6.45, 7) is 11.1. The quantitative estimate of drug-likeness (QED) is 0.908. The lowest BCUT2D eigenvalue weighted by Gasteiger charge is -2.39. The van der Waals surface area contributed by atoms with Gasteiger partial charge in [0.15, 0.2) is 0 Å². The number of nitrogens with zero attached hydrogens (tertiary/aromatic N) is 1. The van der Waals surface area contributed by atoms with E-state index in [0.29, 0.717) is 18.0 Å². The molecule has 0 spiro atoms. The van der Waals surface area contributed by atoms with Crippen LogP contribution in [0.15, 0.2) is 18.2 Å². The minimum Gasteiger partial charge on any atom is -0.330 e. The first-order chi connectivity index (χ1) is 9.56. The van der Waals surface area contributed by atoms with Gasteiger partial charge in [0.05, 0.1) is 0 Å². The predicted molar refractivity (Wildman–Crippen MR) is 86.9 cm³/mol. The SMILES string of the molecule is Cc1cccc(C)c1C1C(CN)CCCCN1C(C)C. The van der Waals surface area contributed by atoms with E-state index in [1.807, 2.05) is 0 Å². The van der Waals surface area contributed by atoms with E-state index in [0.717, 1.165) is 6.54 Å². The Morgan fingerprint density at radius 3 is 2.40 bits per heavy atom. The third-order valence-electron chi connectivity index (χ3n) is 4.85. The molecule has 1 fully saturated rings. The summed E-state index contributed by atoms with van der Waals surface area (Å²) in [6.07, 6.45) is 3.88. The van der Waals surface area contributed by atoms with Crippen LogP contribution in [0.4, 0.5) is 0 Å². The Balaban J connectivity index is 2.49. The molecule has 0 amide bonds. The van der Waals surface area contributed by atoms with Gasteiger partial charge in [0.25, 0.3) is 0 Å². The van der Waals surface area contributed by atoms with Crippen molar-refractivity contribution in [3.8, 4) is 0 Å². The van der Waals surface area contributed by atoms with E-state index in [9.17, 15) is 0 Å². The molecule has 2 nitrogen and oxygen atoms in total. The van der Waals surface area contributed by atoms with Gasteiger partial charge in [0, 0.05) is 12.1 Å². The number of aryl methyl sites for hydroxylation is 2. The van der Waals surface area contributed by atoms with Crippen molar-refractivity contribution in [3.05, 3.63) is 34.9 Å². The summed E-state index contributed by atoms with van der Waals surface area (Å²) in [5, 5.41) is 0. The molecule has 2 unspecified atom stereocenters. The van der Waals surface area contributed by atoms with E-state index in [1.165, 1.54) is 42.5 Å². The summed E-state index contributed by atoms with van der Waals surface area (Å²) in [5.41, 5.74) is 10.5. The van der Waals surface area contributed by atoms with Crippen molar-refractivity contribution in [2.45, 2.75) is 59.0 Å². The van der Waals surface area contributed by atoms with Crippen LogP contribution in [0.25, 0.3) is 0 Å². The zero-order valence-electron chi connectivity index (χ0n) is 13.5. The summed E-state index contributed by atoms with van der Waals surface area (Å²) >= 11 is 0. The first-order valence-electron chi connectivity index (χ1n) is 8.08. The van der Waals surface area contributed by atoms with Crippen LogP contribution in [0, 0.1) is 19.8 Å². The highest BCUT2D eigenvalue weighted by molar-refractivity contribution is 5.37. The van der Waals surface area contributed by atoms with Crippen LogP contribution < -0.4 is 5.73 Å². The molecule has 2 atom stereocenters. The number of likely N-dealkylation sites (tertiary alicyclic amines) is 1. The Labute approximate surface area is 124 Å². The number of nitrogens with two attached hydrogens (primary N) is 1. The molecule has 1 aromatic carbocycles. The van der Waals surface area contributed by atoms with Crippen LogP contribution in [-0.2, 0) is 0 Å². The predicted octanol–water partition coefficient (Wildman–Crippen LogP) is 3.81. The maximum Gasteiger partial charge on any atom is 0.0396 e. The fraction of sp³-hybridized carbons (Fsp3) is 0.667. The molecule has 2 heteroatoms. The molecule has 1 aliphatic rings. The lowest BCUT2D eigenvalue weighted by Crippen LogP contribution is -2.40. The van der Waals surface area contributed by atoms with Crippen molar-refractivity contribution in [3.63, 3.8) is 0 Å². The van der Waals surface area contributed by atoms with E-state index in [4.69, 9.17) is 5.73 Å². The van der Waals surface area contributed by atoms with Gasteiger partial charge in [-0.25, -0.2) is 0 Å². The zero-order valence-corrected chi connectivity index (χ0v) is 13.5. The minimum atomic E-state index is 0.490. The molecular formula is C18H30N2. The largest absolute Gasteiger partial charge is 0.330 e. The molecule has 0 saturated carbocycles. The summed E-state index contributed by atoms with van der Waals surface area (Å²) in [6, 6.07) is 7.73. The van der Waals surface area contributed by atoms with Gasteiger partial charge in [-0.3, -0.25) is 4.90 Å². The number of hydrogen-bond acceptors (Lipinski definition) is 2. The standard InChI is InChI=1S/C18H30N2/c1-13(2)20-11-6-5-10-16(12-19)18(20)17-14(3)8-7-9-15(17)4/h7-9,13,16,18H,5-6,10-12,19H2,1-4H3. The van der Waals surface area contributed by atoms with Crippen molar-refractivity contribution in [1.29, 1.82) is 0 Å². The molecule has 0 radical (unpaired) electrons. The Kier molecular flexibility index (Phi) is 5.22. The van der Waals surface area contributed by atoms with Gasteiger partial charge < -0.3 is 5.73 Å². The van der Waals surface area contributed by atoms with Gasteiger partial charge in [-0.15, -0.1) is 0 Å². The average molecular weight is 274 g/mol. The van der Waals surface area contributed by atoms with Gasteiger partial charge >= 0.3 is 0 Å². The maximum absolute atomic E-state index is 6.14. The van der Waals surface area contributed by atoms with E-state index in [-0.39, 0.29) is 0 Å². The molecule has 0 bridgehead atoms. The summed E-state index contributed by atoms with van der Waals surface area (Å²) in [4.78, 5) is 2.68. The second-order valence-corrected chi connectivity index (χ2v) is 6.57. The Morgan fingerprint density at radius 1 is 1.20 bits per heavy atom. The third-order valence-corrected chi connectivity index (χ3v) is 4.85. The average Bonchev–Trinajstić information content (AvgIpc) is 2.61. The molecule has 0 aromatic heterocycles. The number of hydrogen-bond donors (Lipinski definition) is 1. The Morgan fingerprint density at radius 2 is 1.85 bits per heavy atom. The van der Waals surface area contributed by atoms with Crippen LogP contribution in [-0.4, -0.2) is 24.0 Å². The topological polar surface area (TPSA) is 29.3 Å². The summed E-state index contributed by atoms with van der Waals surface area (Å²) in [5.74, 6) is 0.583. The molecular weight excluding hydrogens is 244 g/mol. The lowest BCUT2D eigenvalue weighted by atomic mass is 9.84. The second-order valence-electron chi connectivity index (χ2n) is 6.57. The number of rotatable bonds is 3. The van der Waals surface area contributed by atoms with Crippen LogP contribution in [0.3, 0.4) is 0 Å². The summed E-state index contributed by atoms with van der Waals surface area (Å²) < 4.78 is 0. The van der Waals surface area contributed by atoms with Gasteiger partial charge in [-0.05, 0) is 76.2 Å². The first kappa shape index (κ1) is 15.5. The zero-order chi connectivity index (χ0) is 14.7. The van der Waals surface area contributed by atoms with Crippen LogP contribution in [0.5, 0.6) is 0 Å². The van der Waals surface area contributed by atoms with Crippen molar-refractivity contribution in [1.82, 2.24) is 4.90 Å². The molecule has 1 aliphatic heterocycles. The highest BCUT2D eigenvalue weighted by Crippen LogP contribution is 2.38. The van der Waals surface area contributed by atoms with Crippen LogP contribution in [0.1, 0.15) is 55.8 Å².